The average Bonchev–Trinajstić information content (AvgIpc) is 3.10. The first kappa shape index (κ1) is 10.9. The van der Waals surface area contributed by atoms with Gasteiger partial charge in [-0.15, -0.1) is 0 Å². The molecule has 1 aliphatic carbocycles. The van der Waals surface area contributed by atoms with Crippen molar-refractivity contribution in [3.63, 3.8) is 0 Å². The van der Waals surface area contributed by atoms with E-state index in [9.17, 15) is 4.79 Å². The fourth-order valence-electron chi connectivity index (χ4n) is 1.75. The molecule has 0 unspecified atom stereocenters. The quantitative estimate of drug-likeness (QED) is 0.837. The van der Waals surface area contributed by atoms with Crippen LogP contribution in [0, 0.1) is 0 Å². The molecule has 4 nitrogen and oxygen atoms in total. The summed E-state index contributed by atoms with van der Waals surface area (Å²) in [4.78, 5) is 18.1. The third kappa shape index (κ3) is 2.15. The number of nitrogens with zero attached hydrogens (tertiary/aromatic N) is 2. The molecule has 1 saturated carbocycles. The van der Waals surface area contributed by atoms with Crippen LogP contribution >= 0.6 is 0 Å². The maximum absolute atomic E-state index is 12.1. The number of aromatic nitrogens is 1. The Morgan fingerprint density at radius 2 is 2.25 bits per heavy atom. The predicted octanol–water partition coefficient (Wildman–Crippen LogP) is 1.46. The Morgan fingerprint density at radius 1 is 1.56 bits per heavy atom. The Morgan fingerprint density at radius 3 is 2.81 bits per heavy atom. The first-order valence-corrected chi connectivity index (χ1v) is 5.65. The van der Waals surface area contributed by atoms with Crippen LogP contribution in [0.4, 0.5) is 5.82 Å². The summed E-state index contributed by atoms with van der Waals surface area (Å²) >= 11 is 0. The molecular weight excluding hydrogens is 202 g/mol. The number of rotatable bonds is 3. The van der Waals surface area contributed by atoms with Crippen molar-refractivity contribution < 1.29 is 4.79 Å². The molecule has 2 N–H and O–H groups in total. The Kier molecular flexibility index (Phi) is 2.81. The summed E-state index contributed by atoms with van der Waals surface area (Å²) in [5.41, 5.74) is 7.20. The molecule has 0 atom stereocenters. The first-order chi connectivity index (χ1) is 7.61. The summed E-state index contributed by atoms with van der Waals surface area (Å²) in [5.74, 6) is 0.471. The molecule has 2 rings (SSSR count). The summed E-state index contributed by atoms with van der Waals surface area (Å²) in [7, 11) is 1.85. The van der Waals surface area contributed by atoms with E-state index in [-0.39, 0.29) is 5.91 Å². The van der Waals surface area contributed by atoms with Crippen LogP contribution in [-0.4, -0.2) is 28.9 Å². The van der Waals surface area contributed by atoms with E-state index >= 15 is 0 Å². The normalized spacial score (nSPS) is 14.9. The molecule has 0 saturated heterocycles. The first-order valence-electron chi connectivity index (χ1n) is 5.65. The standard InChI is InChI=1S/C12H17N3O/c1-3-9-6-8(7-11(13)14-9)12(16)15(2)10-4-5-10/h6-7,10H,3-5H2,1-2H3,(H2,13,14). The van der Waals surface area contributed by atoms with Gasteiger partial charge in [0.15, 0.2) is 0 Å². The van der Waals surface area contributed by atoms with Gasteiger partial charge in [0.1, 0.15) is 5.82 Å². The molecule has 86 valence electrons. The molecular formula is C12H17N3O. The second-order valence-corrected chi connectivity index (χ2v) is 4.27. The number of carbonyl (C=O) groups is 1. The number of amides is 1. The number of nitrogens with two attached hydrogens (primary N) is 1. The van der Waals surface area contributed by atoms with Crippen molar-refractivity contribution in [2.75, 3.05) is 12.8 Å². The minimum Gasteiger partial charge on any atom is -0.384 e. The molecule has 1 fully saturated rings. The zero-order valence-corrected chi connectivity index (χ0v) is 9.73. The van der Waals surface area contributed by atoms with Crippen LogP contribution in [0.2, 0.25) is 0 Å². The van der Waals surface area contributed by atoms with Crippen molar-refractivity contribution in [3.8, 4) is 0 Å². The number of hydrogen-bond donors (Lipinski definition) is 1. The van der Waals surface area contributed by atoms with Crippen LogP contribution < -0.4 is 5.73 Å². The lowest BCUT2D eigenvalue weighted by Crippen LogP contribution is -2.29. The number of carbonyl (C=O) groups excluding carboxylic acids is 1. The summed E-state index contributed by atoms with van der Waals surface area (Å²) < 4.78 is 0. The van der Waals surface area contributed by atoms with Gasteiger partial charge in [-0.05, 0) is 31.4 Å². The summed E-state index contributed by atoms with van der Waals surface area (Å²) in [6.07, 6.45) is 3.02. The minimum atomic E-state index is 0.0475. The molecule has 0 aliphatic heterocycles. The molecule has 1 aliphatic rings. The molecule has 0 radical (unpaired) electrons. The molecule has 16 heavy (non-hydrogen) atoms. The number of nitrogen functional groups attached to an aromatic ring is 1. The van der Waals surface area contributed by atoms with E-state index in [0.29, 0.717) is 17.4 Å². The highest BCUT2D eigenvalue weighted by Gasteiger charge is 2.30. The summed E-state index contributed by atoms with van der Waals surface area (Å²) in [6.45, 7) is 2.00. The SMILES string of the molecule is CCc1cc(C(=O)N(C)C2CC2)cc(N)n1. The lowest BCUT2D eigenvalue weighted by Gasteiger charge is -2.16. The van der Waals surface area contributed by atoms with Crippen molar-refractivity contribution in [1.29, 1.82) is 0 Å². The molecule has 0 aromatic carbocycles. The van der Waals surface area contributed by atoms with Crippen molar-refractivity contribution in [1.82, 2.24) is 9.88 Å². The lowest BCUT2D eigenvalue weighted by molar-refractivity contribution is 0.0785. The van der Waals surface area contributed by atoms with E-state index in [2.05, 4.69) is 4.98 Å². The molecule has 0 bridgehead atoms. The van der Waals surface area contributed by atoms with E-state index in [0.717, 1.165) is 25.0 Å². The number of pyridine rings is 1. The maximum atomic E-state index is 12.1. The molecule has 0 spiro atoms. The van der Waals surface area contributed by atoms with E-state index in [1.807, 2.05) is 20.0 Å². The summed E-state index contributed by atoms with van der Waals surface area (Å²) in [6, 6.07) is 3.91. The minimum absolute atomic E-state index is 0.0475. The van der Waals surface area contributed by atoms with E-state index in [4.69, 9.17) is 5.73 Å². The molecule has 1 heterocycles. The molecule has 1 amide bonds. The zero-order chi connectivity index (χ0) is 11.7. The van der Waals surface area contributed by atoms with Gasteiger partial charge in [-0.2, -0.15) is 0 Å². The van der Waals surface area contributed by atoms with Gasteiger partial charge in [-0.25, -0.2) is 4.98 Å². The third-order valence-corrected chi connectivity index (χ3v) is 2.92. The van der Waals surface area contributed by atoms with Crippen LogP contribution in [0.3, 0.4) is 0 Å². The Hall–Kier alpha value is -1.58. The highest BCUT2D eigenvalue weighted by Crippen LogP contribution is 2.26. The predicted molar refractivity (Wildman–Crippen MR) is 63.1 cm³/mol. The van der Waals surface area contributed by atoms with Crippen molar-refractivity contribution in [3.05, 3.63) is 23.4 Å². The third-order valence-electron chi connectivity index (χ3n) is 2.92. The fourth-order valence-corrected chi connectivity index (χ4v) is 1.75. The van der Waals surface area contributed by atoms with E-state index < -0.39 is 0 Å². The average molecular weight is 219 g/mol. The number of aryl methyl sites for hydroxylation is 1. The van der Waals surface area contributed by atoms with Gasteiger partial charge >= 0.3 is 0 Å². The van der Waals surface area contributed by atoms with Crippen LogP contribution in [0.15, 0.2) is 12.1 Å². The van der Waals surface area contributed by atoms with Gasteiger partial charge in [0.25, 0.3) is 5.91 Å². The second-order valence-electron chi connectivity index (χ2n) is 4.27. The molecule has 4 heteroatoms. The van der Waals surface area contributed by atoms with Crippen molar-refractivity contribution in [2.45, 2.75) is 32.2 Å². The van der Waals surface area contributed by atoms with Gasteiger partial charge < -0.3 is 10.6 Å². The zero-order valence-electron chi connectivity index (χ0n) is 9.73. The highest BCUT2D eigenvalue weighted by atomic mass is 16.2. The summed E-state index contributed by atoms with van der Waals surface area (Å²) in [5, 5.41) is 0. The van der Waals surface area contributed by atoms with Gasteiger partial charge in [-0.3, -0.25) is 4.79 Å². The van der Waals surface area contributed by atoms with Gasteiger partial charge in [-0.1, -0.05) is 6.92 Å². The molecule has 1 aromatic heterocycles. The Balaban J connectivity index is 2.24. The van der Waals surface area contributed by atoms with E-state index in [1.165, 1.54) is 0 Å². The molecule has 1 aromatic rings. The maximum Gasteiger partial charge on any atom is 0.254 e. The van der Waals surface area contributed by atoms with Crippen molar-refractivity contribution >= 4 is 11.7 Å². The fraction of sp³-hybridized carbons (Fsp3) is 0.500. The second kappa shape index (κ2) is 4.12. The largest absolute Gasteiger partial charge is 0.384 e. The van der Waals surface area contributed by atoms with Gasteiger partial charge in [0.2, 0.25) is 0 Å². The lowest BCUT2D eigenvalue weighted by atomic mass is 10.1. The van der Waals surface area contributed by atoms with Crippen LogP contribution in [0.25, 0.3) is 0 Å². The highest BCUT2D eigenvalue weighted by molar-refractivity contribution is 5.95. The topological polar surface area (TPSA) is 59.2 Å². The monoisotopic (exact) mass is 219 g/mol. The van der Waals surface area contributed by atoms with Crippen LogP contribution in [0.5, 0.6) is 0 Å². The van der Waals surface area contributed by atoms with E-state index in [1.54, 1.807) is 11.0 Å². The van der Waals surface area contributed by atoms with Gasteiger partial charge in [0, 0.05) is 24.3 Å². The Bertz CT molecular complexity index is 413. The number of anilines is 1. The smallest absolute Gasteiger partial charge is 0.254 e. The van der Waals surface area contributed by atoms with Gasteiger partial charge in [0.05, 0.1) is 0 Å². The Labute approximate surface area is 95.5 Å². The number of hydrogen-bond acceptors (Lipinski definition) is 3. The van der Waals surface area contributed by atoms with Crippen LogP contribution in [-0.2, 0) is 6.42 Å². The van der Waals surface area contributed by atoms with Crippen molar-refractivity contribution in [2.24, 2.45) is 0 Å². The van der Waals surface area contributed by atoms with Crippen LogP contribution in [0.1, 0.15) is 35.8 Å².